The molecule has 7 heteroatoms. The van der Waals surface area contributed by atoms with Crippen molar-refractivity contribution in [3.63, 3.8) is 0 Å². The molecule has 0 saturated heterocycles. The largest absolute Gasteiger partial charge is 0.480 e. The number of nitrogens with one attached hydrogen (secondary N) is 1. The van der Waals surface area contributed by atoms with Crippen molar-refractivity contribution < 1.29 is 22.7 Å². The van der Waals surface area contributed by atoms with Gasteiger partial charge in [-0.1, -0.05) is 12.1 Å². The molecule has 0 saturated carbocycles. The number of sulfonamides is 1. The van der Waals surface area contributed by atoms with Gasteiger partial charge in [0.15, 0.2) is 0 Å². The van der Waals surface area contributed by atoms with Gasteiger partial charge in [0.1, 0.15) is 12.4 Å². The summed E-state index contributed by atoms with van der Waals surface area (Å²) in [7, 11) is -3.70. The summed E-state index contributed by atoms with van der Waals surface area (Å²) in [4.78, 5) is 10.2. The molecule has 0 unspecified atom stereocenters. The van der Waals surface area contributed by atoms with Crippen LogP contribution in [0.3, 0.4) is 0 Å². The third kappa shape index (κ3) is 4.37. The number of benzene rings is 1. The number of hydrogen-bond donors (Lipinski definition) is 2. The van der Waals surface area contributed by atoms with E-state index >= 15 is 0 Å². The molecule has 1 aromatic rings. The monoisotopic (exact) mass is 247 g/mol. The van der Waals surface area contributed by atoms with E-state index in [2.05, 4.69) is 0 Å². The van der Waals surface area contributed by atoms with Gasteiger partial charge in [-0.3, -0.25) is 4.79 Å². The lowest BCUT2D eigenvalue weighted by atomic mass is 10.2. The Labute approximate surface area is 92.0 Å². The van der Waals surface area contributed by atoms with Gasteiger partial charge in [0.25, 0.3) is 0 Å². The van der Waals surface area contributed by atoms with Crippen LogP contribution >= 0.6 is 0 Å². The second kappa shape index (κ2) is 5.04. The maximum Gasteiger partial charge on any atom is 0.318 e. The van der Waals surface area contributed by atoms with Crippen molar-refractivity contribution in [2.45, 2.75) is 5.75 Å². The Kier molecular flexibility index (Phi) is 3.97. The summed E-state index contributed by atoms with van der Waals surface area (Å²) in [6.45, 7) is -0.663. The zero-order valence-corrected chi connectivity index (χ0v) is 9.00. The Bertz CT molecular complexity index is 469. The number of carboxylic acid groups (broad SMARTS) is 1. The van der Waals surface area contributed by atoms with Gasteiger partial charge in [-0.05, 0) is 17.7 Å². The highest BCUT2D eigenvalue weighted by molar-refractivity contribution is 7.88. The first kappa shape index (κ1) is 12.6. The van der Waals surface area contributed by atoms with Gasteiger partial charge in [-0.15, -0.1) is 0 Å². The lowest BCUT2D eigenvalue weighted by Crippen LogP contribution is -2.30. The maximum absolute atomic E-state index is 12.5. The van der Waals surface area contributed by atoms with Crippen LogP contribution in [-0.4, -0.2) is 26.0 Å². The number of rotatable bonds is 5. The van der Waals surface area contributed by atoms with Crippen molar-refractivity contribution in [1.82, 2.24) is 4.72 Å². The van der Waals surface area contributed by atoms with E-state index in [0.29, 0.717) is 5.56 Å². The molecule has 0 bridgehead atoms. The number of carboxylic acids is 1. The zero-order valence-electron chi connectivity index (χ0n) is 8.18. The quantitative estimate of drug-likeness (QED) is 0.785. The minimum Gasteiger partial charge on any atom is -0.480 e. The van der Waals surface area contributed by atoms with Gasteiger partial charge in [0, 0.05) is 0 Å². The molecule has 0 spiro atoms. The van der Waals surface area contributed by atoms with Gasteiger partial charge < -0.3 is 5.11 Å². The van der Waals surface area contributed by atoms with Crippen LogP contribution < -0.4 is 4.72 Å². The third-order valence-corrected chi connectivity index (χ3v) is 3.01. The second-order valence-corrected chi connectivity index (χ2v) is 4.91. The summed E-state index contributed by atoms with van der Waals surface area (Å²) in [5.74, 6) is -2.09. The van der Waals surface area contributed by atoms with Crippen LogP contribution in [0.15, 0.2) is 24.3 Å². The number of aliphatic carboxylic acids is 1. The first-order valence-electron chi connectivity index (χ1n) is 4.32. The highest BCUT2D eigenvalue weighted by atomic mass is 32.2. The van der Waals surface area contributed by atoms with Crippen LogP contribution in [0.4, 0.5) is 4.39 Å². The van der Waals surface area contributed by atoms with Crippen LogP contribution in [0, 0.1) is 5.82 Å². The molecule has 1 rings (SSSR count). The second-order valence-electron chi connectivity index (χ2n) is 3.10. The molecule has 88 valence electrons. The van der Waals surface area contributed by atoms with Crippen molar-refractivity contribution in [2.24, 2.45) is 0 Å². The predicted molar refractivity (Wildman–Crippen MR) is 54.7 cm³/mol. The normalized spacial score (nSPS) is 11.3. The molecule has 0 fully saturated rings. The highest BCUT2D eigenvalue weighted by Gasteiger charge is 2.12. The lowest BCUT2D eigenvalue weighted by molar-refractivity contribution is -0.135. The minimum atomic E-state index is -3.70. The summed E-state index contributed by atoms with van der Waals surface area (Å²) < 4.78 is 37.1. The Balaban J connectivity index is 2.65. The van der Waals surface area contributed by atoms with Crippen molar-refractivity contribution in [2.75, 3.05) is 6.54 Å². The molecule has 0 aliphatic rings. The van der Waals surface area contributed by atoms with Crippen LogP contribution in [0.5, 0.6) is 0 Å². The molecular formula is C9H10FNO4S. The molecule has 0 heterocycles. The van der Waals surface area contributed by atoms with Crippen molar-refractivity contribution in [1.29, 1.82) is 0 Å². The van der Waals surface area contributed by atoms with Gasteiger partial charge in [-0.2, -0.15) is 0 Å². The fourth-order valence-electron chi connectivity index (χ4n) is 1.02. The third-order valence-electron chi connectivity index (χ3n) is 1.71. The lowest BCUT2D eigenvalue weighted by Gasteiger charge is -2.04. The summed E-state index contributed by atoms with van der Waals surface area (Å²) in [5.41, 5.74) is 0.388. The van der Waals surface area contributed by atoms with Gasteiger partial charge in [-0.25, -0.2) is 17.5 Å². The molecule has 16 heavy (non-hydrogen) atoms. The Morgan fingerprint density at radius 2 is 1.88 bits per heavy atom. The van der Waals surface area contributed by atoms with E-state index in [-0.39, 0.29) is 5.75 Å². The molecule has 0 aromatic heterocycles. The van der Waals surface area contributed by atoms with Crippen LogP contribution in [-0.2, 0) is 20.6 Å². The van der Waals surface area contributed by atoms with E-state index in [1.165, 1.54) is 12.1 Å². The predicted octanol–water partition coefficient (Wildman–Crippen LogP) is 0.330. The van der Waals surface area contributed by atoms with Gasteiger partial charge >= 0.3 is 5.97 Å². The fourth-order valence-corrected chi connectivity index (χ4v) is 2.10. The molecule has 0 radical (unpaired) electrons. The smallest absolute Gasteiger partial charge is 0.318 e. The van der Waals surface area contributed by atoms with Crippen molar-refractivity contribution in [3.8, 4) is 0 Å². The molecule has 0 aliphatic carbocycles. The minimum absolute atomic E-state index is 0.374. The van der Waals surface area contributed by atoms with E-state index in [1.807, 2.05) is 4.72 Å². The van der Waals surface area contributed by atoms with Crippen LogP contribution in [0.1, 0.15) is 5.56 Å². The summed E-state index contributed by atoms with van der Waals surface area (Å²) >= 11 is 0. The first-order chi connectivity index (χ1) is 7.39. The van der Waals surface area contributed by atoms with E-state index in [9.17, 15) is 17.6 Å². The topological polar surface area (TPSA) is 83.5 Å². The van der Waals surface area contributed by atoms with E-state index in [4.69, 9.17) is 5.11 Å². The molecule has 0 atom stereocenters. The number of halogens is 1. The standard InChI is InChI=1S/C9H10FNO4S/c10-8-3-1-7(2-4-8)6-16(14,15)11-5-9(12)13/h1-4,11H,5-6H2,(H,12,13). The van der Waals surface area contributed by atoms with Crippen LogP contribution in [0.2, 0.25) is 0 Å². The Morgan fingerprint density at radius 1 is 1.31 bits per heavy atom. The Morgan fingerprint density at radius 3 is 2.38 bits per heavy atom. The number of hydrogen-bond acceptors (Lipinski definition) is 3. The van der Waals surface area contributed by atoms with Gasteiger partial charge in [0.05, 0.1) is 5.75 Å². The van der Waals surface area contributed by atoms with Crippen LogP contribution in [0.25, 0.3) is 0 Å². The van der Waals surface area contributed by atoms with E-state index in [1.54, 1.807) is 0 Å². The summed E-state index contributed by atoms with van der Waals surface area (Å²) in [6, 6.07) is 4.94. The summed E-state index contributed by atoms with van der Waals surface area (Å²) in [6.07, 6.45) is 0. The maximum atomic E-state index is 12.5. The molecule has 5 nitrogen and oxygen atoms in total. The average Bonchev–Trinajstić information content (AvgIpc) is 2.19. The SMILES string of the molecule is O=C(O)CNS(=O)(=O)Cc1ccc(F)cc1. The fraction of sp³-hybridized carbons (Fsp3) is 0.222. The molecule has 0 aliphatic heterocycles. The van der Waals surface area contributed by atoms with Crippen molar-refractivity contribution >= 4 is 16.0 Å². The Hall–Kier alpha value is -1.47. The highest BCUT2D eigenvalue weighted by Crippen LogP contribution is 2.06. The van der Waals surface area contributed by atoms with Crippen molar-refractivity contribution in [3.05, 3.63) is 35.6 Å². The van der Waals surface area contributed by atoms with E-state index < -0.39 is 28.4 Å². The summed E-state index contributed by atoms with van der Waals surface area (Å²) in [5, 5.41) is 8.30. The average molecular weight is 247 g/mol. The molecule has 1 aromatic carbocycles. The molecule has 0 amide bonds. The van der Waals surface area contributed by atoms with Gasteiger partial charge in [0.2, 0.25) is 10.0 Å². The van der Waals surface area contributed by atoms with E-state index in [0.717, 1.165) is 12.1 Å². The first-order valence-corrected chi connectivity index (χ1v) is 5.98. The zero-order chi connectivity index (χ0) is 12.2. The molecule has 2 N–H and O–H groups in total. The number of carbonyl (C=O) groups is 1. The molecular weight excluding hydrogens is 237 g/mol.